The molecule has 2 heterocycles. The van der Waals surface area contributed by atoms with E-state index in [2.05, 4.69) is 10.3 Å². The summed E-state index contributed by atoms with van der Waals surface area (Å²) in [6.07, 6.45) is 3.77. The highest BCUT2D eigenvalue weighted by atomic mass is 32.1. The highest BCUT2D eigenvalue weighted by molar-refractivity contribution is 7.16. The third-order valence-corrected chi connectivity index (χ3v) is 7.21. The number of aromatic nitrogens is 1. The van der Waals surface area contributed by atoms with E-state index in [-0.39, 0.29) is 29.6 Å². The number of fused-ring (bicyclic) bond motifs is 1. The lowest BCUT2D eigenvalue weighted by Crippen LogP contribution is -2.43. The monoisotopic (exact) mass is 457 g/mol. The van der Waals surface area contributed by atoms with Crippen LogP contribution in [0, 0.1) is 5.92 Å². The first kappa shape index (κ1) is 22.3. The number of anilines is 1. The standard InChI is InChI=1S/C23H27N3O5S/c1-30-16-8-6-14(7-9-16)20(27)25-23-24-19-17(4-3-5-18(19)32-23)21(28)26-12-10-15(11-13-26)22(29)31-2/h6-9,15,17H,3-5,10-13H2,1-2H3,(H,24,25,27). The van der Waals surface area contributed by atoms with Crippen molar-refractivity contribution in [1.82, 2.24) is 9.88 Å². The molecule has 2 aliphatic rings. The number of hydrogen-bond donors (Lipinski definition) is 1. The molecule has 2 aromatic rings. The molecule has 0 bridgehead atoms. The zero-order valence-corrected chi connectivity index (χ0v) is 19.1. The van der Waals surface area contributed by atoms with E-state index in [0.29, 0.717) is 42.4 Å². The molecule has 1 saturated heterocycles. The van der Waals surface area contributed by atoms with Gasteiger partial charge in [0.15, 0.2) is 5.13 Å². The van der Waals surface area contributed by atoms with Gasteiger partial charge in [0.05, 0.1) is 31.7 Å². The van der Waals surface area contributed by atoms with Gasteiger partial charge in [0.25, 0.3) is 5.91 Å². The van der Waals surface area contributed by atoms with Crippen molar-refractivity contribution in [2.45, 2.75) is 38.0 Å². The maximum atomic E-state index is 13.3. The molecule has 1 aliphatic heterocycles. The largest absolute Gasteiger partial charge is 0.497 e. The zero-order chi connectivity index (χ0) is 22.7. The van der Waals surface area contributed by atoms with Crippen LogP contribution in [-0.2, 0) is 20.7 Å². The van der Waals surface area contributed by atoms with Crippen molar-refractivity contribution in [1.29, 1.82) is 0 Å². The molecule has 2 amide bonds. The average molecular weight is 458 g/mol. The Morgan fingerprint density at radius 2 is 1.81 bits per heavy atom. The van der Waals surface area contributed by atoms with Crippen LogP contribution in [-0.4, -0.2) is 55.0 Å². The number of piperidine rings is 1. The first-order chi connectivity index (χ1) is 15.5. The Labute approximate surface area is 190 Å². The molecular weight excluding hydrogens is 430 g/mol. The zero-order valence-electron chi connectivity index (χ0n) is 18.3. The molecule has 32 heavy (non-hydrogen) atoms. The molecule has 0 spiro atoms. The minimum Gasteiger partial charge on any atom is -0.497 e. The number of benzene rings is 1. The second-order valence-electron chi connectivity index (χ2n) is 8.08. The fourth-order valence-electron chi connectivity index (χ4n) is 4.35. The van der Waals surface area contributed by atoms with Crippen molar-refractivity contribution in [3.8, 4) is 5.75 Å². The second-order valence-corrected chi connectivity index (χ2v) is 9.16. The van der Waals surface area contributed by atoms with Crippen LogP contribution in [0.4, 0.5) is 5.13 Å². The summed E-state index contributed by atoms with van der Waals surface area (Å²) in [7, 11) is 2.98. The number of esters is 1. The van der Waals surface area contributed by atoms with E-state index in [1.54, 1.807) is 31.4 Å². The Balaban J connectivity index is 1.43. The number of hydrogen-bond acceptors (Lipinski definition) is 7. The molecule has 1 atom stereocenters. The van der Waals surface area contributed by atoms with Gasteiger partial charge in [-0.25, -0.2) is 4.98 Å². The van der Waals surface area contributed by atoms with Crippen molar-refractivity contribution in [3.05, 3.63) is 40.4 Å². The van der Waals surface area contributed by atoms with E-state index in [0.717, 1.165) is 29.8 Å². The third kappa shape index (κ3) is 4.62. The van der Waals surface area contributed by atoms with Crippen LogP contribution >= 0.6 is 11.3 Å². The molecule has 1 aliphatic carbocycles. The summed E-state index contributed by atoms with van der Waals surface area (Å²) in [5.41, 5.74) is 1.30. The number of ether oxygens (including phenoxy) is 2. The van der Waals surface area contributed by atoms with Crippen LogP contribution in [0.1, 0.15) is 52.5 Å². The molecule has 1 aromatic carbocycles. The van der Waals surface area contributed by atoms with Gasteiger partial charge in [-0.15, -0.1) is 11.3 Å². The molecule has 9 heteroatoms. The van der Waals surface area contributed by atoms with Crippen molar-refractivity contribution in [2.75, 3.05) is 32.6 Å². The number of aryl methyl sites for hydroxylation is 1. The Bertz CT molecular complexity index is 996. The first-order valence-corrected chi connectivity index (χ1v) is 11.6. The van der Waals surface area contributed by atoms with Crippen molar-refractivity contribution >= 4 is 34.3 Å². The highest BCUT2D eigenvalue weighted by Crippen LogP contribution is 2.38. The number of methoxy groups -OCH3 is 2. The lowest BCUT2D eigenvalue weighted by Gasteiger charge is -2.34. The van der Waals surface area contributed by atoms with Gasteiger partial charge in [0, 0.05) is 23.5 Å². The van der Waals surface area contributed by atoms with Crippen molar-refractivity contribution in [3.63, 3.8) is 0 Å². The molecule has 0 radical (unpaired) electrons. The lowest BCUT2D eigenvalue weighted by atomic mass is 9.88. The number of nitrogens with zero attached hydrogens (tertiary/aromatic N) is 2. The van der Waals surface area contributed by atoms with E-state index in [4.69, 9.17) is 9.47 Å². The van der Waals surface area contributed by atoms with Gasteiger partial charge in [-0.1, -0.05) is 0 Å². The van der Waals surface area contributed by atoms with Gasteiger partial charge in [0.1, 0.15) is 5.75 Å². The van der Waals surface area contributed by atoms with Crippen LogP contribution < -0.4 is 10.1 Å². The van der Waals surface area contributed by atoms with E-state index >= 15 is 0 Å². The molecule has 1 fully saturated rings. The van der Waals surface area contributed by atoms with E-state index < -0.39 is 0 Å². The first-order valence-electron chi connectivity index (χ1n) is 10.8. The van der Waals surface area contributed by atoms with Gasteiger partial charge in [0.2, 0.25) is 5.91 Å². The summed E-state index contributed by atoms with van der Waals surface area (Å²) in [6, 6.07) is 6.87. The number of rotatable bonds is 5. The fraction of sp³-hybridized carbons (Fsp3) is 0.478. The number of carbonyl (C=O) groups is 3. The number of carbonyl (C=O) groups excluding carboxylic acids is 3. The Morgan fingerprint density at radius 1 is 1.09 bits per heavy atom. The van der Waals surface area contributed by atoms with Crippen molar-refractivity contribution in [2.24, 2.45) is 5.92 Å². The Kier molecular flexibility index (Phi) is 6.74. The Hall–Kier alpha value is -2.94. The number of likely N-dealkylation sites (tertiary alicyclic amines) is 1. The SMILES string of the molecule is COC(=O)C1CCN(C(=O)C2CCCc3sc(NC(=O)c4ccc(OC)cc4)nc32)CC1. The molecular formula is C23H27N3O5S. The van der Waals surface area contributed by atoms with Gasteiger partial charge < -0.3 is 14.4 Å². The molecule has 170 valence electrons. The lowest BCUT2D eigenvalue weighted by molar-refractivity contribution is -0.149. The summed E-state index contributed by atoms with van der Waals surface area (Å²) in [5, 5.41) is 3.38. The number of amides is 2. The quantitative estimate of drug-likeness (QED) is 0.693. The summed E-state index contributed by atoms with van der Waals surface area (Å²) >= 11 is 1.44. The summed E-state index contributed by atoms with van der Waals surface area (Å²) in [4.78, 5) is 45.2. The summed E-state index contributed by atoms with van der Waals surface area (Å²) in [6.45, 7) is 1.10. The predicted molar refractivity (Wildman–Crippen MR) is 120 cm³/mol. The van der Waals surface area contributed by atoms with Gasteiger partial charge in [-0.2, -0.15) is 0 Å². The maximum Gasteiger partial charge on any atom is 0.308 e. The van der Waals surface area contributed by atoms with E-state index in [1.165, 1.54) is 18.4 Å². The van der Waals surface area contributed by atoms with Gasteiger partial charge in [-0.3, -0.25) is 19.7 Å². The van der Waals surface area contributed by atoms with Gasteiger partial charge >= 0.3 is 5.97 Å². The van der Waals surface area contributed by atoms with Crippen LogP contribution in [0.2, 0.25) is 0 Å². The topological polar surface area (TPSA) is 97.8 Å². The maximum absolute atomic E-state index is 13.3. The molecule has 1 unspecified atom stereocenters. The normalized spacial score (nSPS) is 18.6. The minimum atomic E-state index is -0.295. The molecule has 8 nitrogen and oxygen atoms in total. The van der Waals surface area contributed by atoms with Crippen LogP contribution in [0.5, 0.6) is 5.75 Å². The van der Waals surface area contributed by atoms with Crippen LogP contribution in [0.25, 0.3) is 0 Å². The average Bonchev–Trinajstić information content (AvgIpc) is 3.25. The van der Waals surface area contributed by atoms with Crippen LogP contribution in [0.15, 0.2) is 24.3 Å². The number of thiazole rings is 1. The highest BCUT2D eigenvalue weighted by Gasteiger charge is 2.36. The molecule has 1 N–H and O–H groups in total. The summed E-state index contributed by atoms with van der Waals surface area (Å²) < 4.78 is 9.96. The third-order valence-electron chi connectivity index (χ3n) is 6.17. The Morgan fingerprint density at radius 3 is 2.47 bits per heavy atom. The molecule has 4 rings (SSSR count). The van der Waals surface area contributed by atoms with Gasteiger partial charge in [-0.05, 0) is 56.4 Å². The smallest absolute Gasteiger partial charge is 0.308 e. The summed E-state index contributed by atoms with van der Waals surface area (Å²) in [5.74, 6) is -0.127. The second kappa shape index (κ2) is 9.68. The number of nitrogens with one attached hydrogen (secondary N) is 1. The van der Waals surface area contributed by atoms with Crippen molar-refractivity contribution < 1.29 is 23.9 Å². The predicted octanol–water partition coefficient (Wildman–Crippen LogP) is 3.24. The molecule has 0 saturated carbocycles. The van der Waals surface area contributed by atoms with E-state index in [9.17, 15) is 14.4 Å². The molecule has 1 aromatic heterocycles. The minimum absolute atomic E-state index is 0.0626. The van der Waals surface area contributed by atoms with E-state index in [1.807, 2.05) is 4.90 Å². The van der Waals surface area contributed by atoms with Crippen LogP contribution in [0.3, 0.4) is 0 Å². The fourth-order valence-corrected chi connectivity index (χ4v) is 5.41.